The maximum atomic E-state index is 13.4. The van der Waals surface area contributed by atoms with Gasteiger partial charge in [-0.25, -0.2) is 4.39 Å². The summed E-state index contributed by atoms with van der Waals surface area (Å²) in [5, 5.41) is 0. The first kappa shape index (κ1) is 14.4. The van der Waals surface area contributed by atoms with Gasteiger partial charge < -0.3 is 5.73 Å². The van der Waals surface area contributed by atoms with Crippen molar-refractivity contribution in [1.82, 2.24) is 4.90 Å². The van der Waals surface area contributed by atoms with Crippen LogP contribution in [0.4, 0.5) is 4.39 Å². The highest BCUT2D eigenvalue weighted by Crippen LogP contribution is 2.25. The van der Waals surface area contributed by atoms with E-state index in [0.29, 0.717) is 10.9 Å². The van der Waals surface area contributed by atoms with Gasteiger partial charge in [-0.2, -0.15) is 0 Å². The van der Waals surface area contributed by atoms with Crippen LogP contribution in [0.3, 0.4) is 0 Å². The van der Waals surface area contributed by atoms with Crippen LogP contribution in [0.5, 0.6) is 0 Å². The van der Waals surface area contributed by atoms with Gasteiger partial charge in [-0.3, -0.25) is 4.90 Å². The number of halogens is 1. The Bertz CT molecular complexity index is 473. The van der Waals surface area contributed by atoms with Crippen LogP contribution in [-0.4, -0.2) is 23.0 Å². The van der Waals surface area contributed by atoms with Crippen molar-refractivity contribution in [2.24, 2.45) is 17.6 Å². The lowest BCUT2D eigenvalue weighted by Gasteiger charge is -2.19. The van der Waals surface area contributed by atoms with E-state index in [4.69, 9.17) is 18.0 Å². The normalized spacial score (nSPS) is 20.1. The molecule has 0 radical (unpaired) electrons. The summed E-state index contributed by atoms with van der Waals surface area (Å²) >= 11 is 5.04. The highest BCUT2D eigenvalue weighted by molar-refractivity contribution is 7.80. The first-order valence-electron chi connectivity index (χ1n) is 6.78. The molecule has 2 rings (SSSR count). The second-order valence-electron chi connectivity index (χ2n) is 5.69. The number of likely N-dealkylation sites (tertiary alicyclic amines) is 1. The summed E-state index contributed by atoms with van der Waals surface area (Å²) in [7, 11) is 0. The van der Waals surface area contributed by atoms with Crippen molar-refractivity contribution in [3.63, 3.8) is 0 Å². The maximum absolute atomic E-state index is 13.4. The summed E-state index contributed by atoms with van der Waals surface area (Å²) in [6, 6.07) is 4.65. The van der Waals surface area contributed by atoms with Gasteiger partial charge in [-0.1, -0.05) is 26.1 Å². The Morgan fingerprint density at radius 3 is 2.84 bits per heavy atom. The van der Waals surface area contributed by atoms with Crippen molar-refractivity contribution in [2.75, 3.05) is 13.1 Å². The molecule has 0 aromatic heterocycles. The average Bonchev–Trinajstić information content (AvgIpc) is 2.77. The fourth-order valence-corrected chi connectivity index (χ4v) is 2.92. The quantitative estimate of drug-likeness (QED) is 0.860. The van der Waals surface area contributed by atoms with Crippen LogP contribution < -0.4 is 5.73 Å². The van der Waals surface area contributed by atoms with E-state index < -0.39 is 0 Å². The number of thiocarbonyl (C=S) groups is 1. The summed E-state index contributed by atoms with van der Waals surface area (Å²) in [6.45, 7) is 7.39. The Balaban J connectivity index is 2.11. The highest BCUT2D eigenvalue weighted by atomic mass is 32.1. The average molecular weight is 280 g/mol. The van der Waals surface area contributed by atoms with E-state index in [9.17, 15) is 4.39 Å². The summed E-state index contributed by atoms with van der Waals surface area (Å²) < 4.78 is 13.4. The van der Waals surface area contributed by atoms with E-state index >= 15 is 0 Å². The van der Waals surface area contributed by atoms with Crippen LogP contribution in [-0.2, 0) is 6.54 Å². The van der Waals surface area contributed by atoms with Gasteiger partial charge >= 0.3 is 0 Å². The topological polar surface area (TPSA) is 29.3 Å². The molecule has 1 aliphatic heterocycles. The molecule has 0 bridgehead atoms. The minimum Gasteiger partial charge on any atom is -0.389 e. The van der Waals surface area contributed by atoms with Crippen LogP contribution in [0.25, 0.3) is 0 Å². The van der Waals surface area contributed by atoms with E-state index in [0.717, 1.165) is 36.7 Å². The second kappa shape index (κ2) is 5.97. The predicted octanol–water partition coefficient (Wildman–Crippen LogP) is 2.94. The molecule has 1 atom stereocenters. The summed E-state index contributed by atoms with van der Waals surface area (Å²) in [4.78, 5) is 2.70. The summed E-state index contributed by atoms with van der Waals surface area (Å²) in [6.07, 6.45) is 1.22. The van der Waals surface area contributed by atoms with E-state index in [1.807, 2.05) is 0 Å². The molecule has 104 valence electrons. The van der Waals surface area contributed by atoms with Gasteiger partial charge in [0, 0.05) is 18.7 Å². The van der Waals surface area contributed by atoms with Crippen molar-refractivity contribution >= 4 is 17.2 Å². The molecule has 1 saturated heterocycles. The fourth-order valence-electron chi connectivity index (χ4n) is 2.72. The monoisotopic (exact) mass is 280 g/mol. The third-order valence-electron chi connectivity index (χ3n) is 3.98. The zero-order chi connectivity index (χ0) is 14.0. The van der Waals surface area contributed by atoms with Gasteiger partial charge in [0.25, 0.3) is 0 Å². The van der Waals surface area contributed by atoms with E-state index in [2.05, 4.69) is 18.7 Å². The number of hydrogen-bond acceptors (Lipinski definition) is 2. The standard InChI is InChI=1S/C15H21FN2S/c1-10(2)11-5-6-18(8-11)9-12-7-13(16)3-4-14(12)15(17)19/h3-4,7,10-11H,5-6,8-9H2,1-2H3,(H2,17,19). The molecule has 1 heterocycles. The van der Waals surface area contributed by atoms with E-state index in [-0.39, 0.29) is 5.82 Å². The van der Waals surface area contributed by atoms with Crippen molar-refractivity contribution in [3.05, 3.63) is 35.1 Å². The molecule has 1 aromatic rings. The number of hydrogen-bond donors (Lipinski definition) is 1. The lowest BCUT2D eigenvalue weighted by molar-refractivity contribution is 0.296. The highest BCUT2D eigenvalue weighted by Gasteiger charge is 2.25. The lowest BCUT2D eigenvalue weighted by Crippen LogP contribution is -2.23. The first-order valence-corrected chi connectivity index (χ1v) is 7.18. The molecule has 1 unspecified atom stereocenters. The molecule has 1 aromatic carbocycles. The van der Waals surface area contributed by atoms with Crippen LogP contribution in [0.2, 0.25) is 0 Å². The third kappa shape index (κ3) is 3.51. The molecule has 1 aliphatic rings. The van der Waals surface area contributed by atoms with Crippen molar-refractivity contribution in [2.45, 2.75) is 26.8 Å². The van der Waals surface area contributed by atoms with Gasteiger partial charge in [0.2, 0.25) is 0 Å². The van der Waals surface area contributed by atoms with Crippen molar-refractivity contribution in [1.29, 1.82) is 0 Å². The van der Waals surface area contributed by atoms with Gasteiger partial charge in [0.1, 0.15) is 10.8 Å². The predicted molar refractivity (Wildman–Crippen MR) is 80.5 cm³/mol. The second-order valence-corrected chi connectivity index (χ2v) is 6.13. The van der Waals surface area contributed by atoms with Gasteiger partial charge in [-0.15, -0.1) is 0 Å². The van der Waals surface area contributed by atoms with Crippen molar-refractivity contribution < 1.29 is 4.39 Å². The first-order chi connectivity index (χ1) is 8.97. The molecular weight excluding hydrogens is 259 g/mol. The number of benzene rings is 1. The Labute approximate surface area is 119 Å². The summed E-state index contributed by atoms with van der Waals surface area (Å²) in [5.74, 6) is 1.21. The molecule has 4 heteroatoms. The Morgan fingerprint density at radius 2 is 2.26 bits per heavy atom. The third-order valence-corrected chi connectivity index (χ3v) is 4.20. The summed E-state index contributed by atoms with van der Waals surface area (Å²) in [5.41, 5.74) is 7.40. The zero-order valence-corrected chi connectivity index (χ0v) is 12.3. The zero-order valence-electron chi connectivity index (χ0n) is 11.5. The molecule has 1 fully saturated rings. The molecular formula is C15H21FN2S. The maximum Gasteiger partial charge on any atom is 0.123 e. The minimum absolute atomic E-state index is 0.227. The molecule has 0 saturated carbocycles. The van der Waals surface area contributed by atoms with Gasteiger partial charge in [0.05, 0.1) is 0 Å². The number of rotatable bonds is 4. The van der Waals surface area contributed by atoms with E-state index in [1.54, 1.807) is 12.1 Å². The van der Waals surface area contributed by atoms with Gasteiger partial charge in [0.15, 0.2) is 0 Å². The van der Waals surface area contributed by atoms with E-state index in [1.165, 1.54) is 12.5 Å². The van der Waals surface area contributed by atoms with Gasteiger partial charge in [-0.05, 0) is 48.6 Å². The SMILES string of the molecule is CC(C)C1CCN(Cc2cc(F)ccc2C(N)=S)C1. The largest absolute Gasteiger partial charge is 0.389 e. The number of nitrogens with zero attached hydrogens (tertiary/aromatic N) is 1. The Kier molecular flexibility index (Phi) is 4.53. The van der Waals surface area contributed by atoms with Crippen LogP contribution in [0.1, 0.15) is 31.4 Å². The molecule has 2 nitrogen and oxygen atoms in total. The number of nitrogens with two attached hydrogens (primary N) is 1. The smallest absolute Gasteiger partial charge is 0.123 e. The molecule has 19 heavy (non-hydrogen) atoms. The molecule has 0 spiro atoms. The minimum atomic E-state index is -0.227. The fraction of sp³-hybridized carbons (Fsp3) is 0.533. The Hall–Kier alpha value is -1.00. The molecule has 0 aliphatic carbocycles. The lowest BCUT2D eigenvalue weighted by atomic mass is 9.95. The molecule has 2 N–H and O–H groups in total. The Morgan fingerprint density at radius 1 is 1.53 bits per heavy atom. The van der Waals surface area contributed by atoms with Crippen LogP contribution >= 0.6 is 12.2 Å². The van der Waals surface area contributed by atoms with Crippen LogP contribution in [0, 0.1) is 17.7 Å². The van der Waals surface area contributed by atoms with Crippen molar-refractivity contribution in [3.8, 4) is 0 Å². The molecule has 0 amide bonds. The van der Waals surface area contributed by atoms with Crippen LogP contribution in [0.15, 0.2) is 18.2 Å².